The van der Waals surface area contributed by atoms with E-state index in [-0.39, 0.29) is 5.91 Å². The molecule has 1 fully saturated rings. The minimum absolute atomic E-state index is 0.178. The Bertz CT molecular complexity index is 164. The number of hydrogen-bond acceptors (Lipinski definition) is 2. The van der Waals surface area contributed by atoms with Gasteiger partial charge < -0.3 is 10.6 Å². The smallest absolute Gasteiger partial charge is 0.219 e. The van der Waals surface area contributed by atoms with Crippen LogP contribution in [-0.2, 0) is 4.79 Å². The van der Waals surface area contributed by atoms with Crippen LogP contribution in [0, 0.1) is 0 Å². The quantitative estimate of drug-likeness (QED) is 0.714. The molecular weight excluding hydrogens is 164 g/mol. The standard InChI is InChI=1S/C10H20N2O/c1-9(13)12(8-7-11)10-5-3-2-4-6-10/h10H,2-8,11H2,1H3. The van der Waals surface area contributed by atoms with Crippen LogP contribution in [0.15, 0.2) is 0 Å². The minimum atomic E-state index is 0.178. The Morgan fingerprint density at radius 2 is 2.00 bits per heavy atom. The summed E-state index contributed by atoms with van der Waals surface area (Å²) in [4.78, 5) is 13.2. The highest BCUT2D eigenvalue weighted by Gasteiger charge is 2.21. The first kappa shape index (κ1) is 10.5. The molecule has 0 aromatic heterocycles. The molecule has 3 heteroatoms. The van der Waals surface area contributed by atoms with E-state index in [1.54, 1.807) is 6.92 Å². The van der Waals surface area contributed by atoms with Crippen molar-refractivity contribution in [2.75, 3.05) is 13.1 Å². The Labute approximate surface area is 80.3 Å². The maximum absolute atomic E-state index is 11.3. The van der Waals surface area contributed by atoms with Crippen LogP contribution in [0.1, 0.15) is 39.0 Å². The van der Waals surface area contributed by atoms with E-state index in [2.05, 4.69) is 0 Å². The Morgan fingerprint density at radius 3 is 2.46 bits per heavy atom. The third-order valence-electron chi connectivity index (χ3n) is 2.79. The average Bonchev–Trinajstić information content (AvgIpc) is 2.15. The molecule has 1 saturated carbocycles. The fourth-order valence-electron chi connectivity index (χ4n) is 2.13. The lowest BCUT2D eigenvalue weighted by molar-refractivity contribution is -0.131. The van der Waals surface area contributed by atoms with Gasteiger partial charge in [-0.05, 0) is 12.8 Å². The first-order valence-corrected chi connectivity index (χ1v) is 5.23. The Kier molecular flexibility index (Phi) is 4.22. The molecule has 0 radical (unpaired) electrons. The van der Waals surface area contributed by atoms with Gasteiger partial charge in [0.25, 0.3) is 0 Å². The van der Waals surface area contributed by atoms with Crippen molar-refractivity contribution in [1.29, 1.82) is 0 Å². The van der Waals surface area contributed by atoms with Gasteiger partial charge in [0.2, 0.25) is 5.91 Å². The highest BCUT2D eigenvalue weighted by atomic mass is 16.2. The maximum atomic E-state index is 11.3. The van der Waals surface area contributed by atoms with Crippen LogP contribution in [0.2, 0.25) is 0 Å². The van der Waals surface area contributed by atoms with E-state index in [9.17, 15) is 4.79 Å². The molecule has 3 nitrogen and oxygen atoms in total. The summed E-state index contributed by atoms with van der Waals surface area (Å²) in [7, 11) is 0. The van der Waals surface area contributed by atoms with E-state index in [1.807, 2.05) is 4.90 Å². The zero-order valence-corrected chi connectivity index (χ0v) is 8.46. The summed E-state index contributed by atoms with van der Waals surface area (Å²) in [6, 6.07) is 0.467. The van der Waals surface area contributed by atoms with Gasteiger partial charge in [-0.15, -0.1) is 0 Å². The van der Waals surface area contributed by atoms with Crippen molar-refractivity contribution < 1.29 is 4.79 Å². The van der Waals surface area contributed by atoms with Crippen LogP contribution in [0.3, 0.4) is 0 Å². The van der Waals surface area contributed by atoms with Gasteiger partial charge in [0.1, 0.15) is 0 Å². The van der Waals surface area contributed by atoms with Gasteiger partial charge in [0.05, 0.1) is 0 Å². The van der Waals surface area contributed by atoms with E-state index in [0.717, 1.165) is 6.54 Å². The Hall–Kier alpha value is -0.570. The highest BCUT2D eigenvalue weighted by Crippen LogP contribution is 2.22. The molecule has 0 bridgehead atoms. The second kappa shape index (κ2) is 5.22. The van der Waals surface area contributed by atoms with E-state index in [4.69, 9.17) is 5.73 Å². The monoisotopic (exact) mass is 184 g/mol. The molecule has 1 aliphatic rings. The van der Waals surface area contributed by atoms with Crippen molar-refractivity contribution >= 4 is 5.91 Å². The van der Waals surface area contributed by atoms with Crippen LogP contribution >= 0.6 is 0 Å². The fraction of sp³-hybridized carbons (Fsp3) is 0.900. The van der Waals surface area contributed by atoms with Crippen molar-refractivity contribution in [2.24, 2.45) is 5.73 Å². The maximum Gasteiger partial charge on any atom is 0.219 e. The summed E-state index contributed by atoms with van der Waals surface area (Å²) in [5.41, 5.74) is 5.48. The zero-order chi connectivity index (χ0) is 9.68. The molecule has 1 aliphatic carbocycles. The van der Waals surface area contributed by atoms with E-state index in [1.165, 1.54) is 32.1 Å². The van der Waals surface area contributed by atoms with Crippen molar-refractivity contribution in [1.82, 2.24) is 4.90 Å². The molecule has 76 valence electrons. The largest absolute Gasteiger partial charge is 0.339 e. The lowest BCUT2D eigenvalue weighted by atomic mass is 9.94. The minimum Gasteiger partial charge on any atom is -0.339 e. The molecule has 13 heavy (non-hydrogen) atoms. The first-order chi connectivity index (χ1) is 6.25. The third-order valence-corrected chi connectivity index (χ3v) is 2.79. The van der Waals surface area contributed by atoms with Crippen LogP contribution in [0.25, 0.3) is 0 Å². The van der Waals surface area contributed by atoms with Crippen molar-refractivity contribution in [3.05, 3.63) is 0 Å². The lowest BCUT2D eigenvalue weighted by Gasteiger charge is -2.33. The summed E-state index contributed by atoms with van der Waals surface area (Å²) in [6.45, 7) is 2.94. The number of rotatable bonds is 3. The lowest BCUT2D eigenvalue weighted by Crippen LogP contribution is -2.42. The zero-order valence-electron chi connectivity index (χ0n) is 8.46. The molecule has 0 unspecified atom stereocenters. The topological polar surface area (TPSA) is 46.3 Å². The Morgan fingerprint density at radius 1 is 1.38 bits per heavy atom. The Balaban J connectivity index is 2.46. The average molecular weight is 184 g/mol. The second-order valence-electron chi connectivity index (χ2n) is 3.79. The molecule has 0 aromatic rings. The first-order valence-electron chi connectivity index (χ1n) is 5.23. The van der Waals surface area contributed by atoms with Crippen molar-refractivity contribution in [2.45, 2.75) is 45.1 Å². The van der Waals surface area contributed by atoms with Gasteiger partial charge in [-0.1, -0.05) is 19.3 Å². The summed E-state index contributed by atoms with van der Waals surface area (Å²) in [5.74, 6) is 0.178. The summed E-state index contributed by atoms with van der Waals surface area (Å²) >= 11 is 0. The predicted molar refractivity (Wildman–Crippen MR) is 53.3 cm³/mol. The molecule has 0 aliphatic heterocycles. The highest BCUT2D eigenvalue weighted by molar-refractivity contribution is 5.73. The van der Waals surface area contributed by atoms with Gasteiger partial charge in [-0.3, -0.25) is 4.79 Å². The number of nitrogens with zero attached hydrogens (tertiary/aromatic N) is 1. The second-order valence-corrected chi connectivity index (χ2v) is 3.79. The molecule has 0 atom stereocenters. The van der Waals surface area contributed by atoms with Crippen LogP contribution in [-0.4, -0.2) is 29.9 Å². The molecule has 1 rings (SSSR count). The van der Waals surface area contributed by atoms with Gasteiger partial charge in [0.15, 0.2) is 0 Å². The van der Waals surface area contributed by atoms with Gasteiger partial charge in [-0.2, -0.15) is 0 Å². The SMILES string of the molecule is CC(=O)N(CCN)C1CCCCC1. The van der Waals surface area contributed by atoms with E-state index < -0.39 is 0 Å². The van der Waals surface area contributed by atoms with Crippen LogP contribution in [0.5, 0.6) is 0 Å². The summed E-state index contributed by atoms with van der Waals surface area (Å²) in [5, 5.41) is 0. The molecule has 0 heterocycles. The van der Waals surface area contributed by atoms with Crippen molar-refractivity contribution in [3.8, 4) is 0 Å². The van der Waals surface area contributed by atoms with Crippen LogP contribution < -0.4 is 5.73 Å². The molecule has 0 aromatic carbocycles. The van der Waals surface area contributed by atoms with E-state index >= 15 is 0 Å². The van der Waals surface area contributed by atoms with Gasteiger partial charge in [-0.25, -0.2) is 0 Å². The van der Waals surface area contributed by atoms with E-state index in [0.29, 0.717) is 12.6 Å². The molecule has 0 spiro atoms. The number of carbonyl (C=O) groups excluding carboxylic acids is 1. The normalized spacial score (nSPS) is 18.6. The van der Waals surface area contributed by atoms with Gasteiger partial charge >= 0.3 is 0 Å². The van der Waals surface area contributed by atoms with Gasteiger partial charge in [0, 0.05) is 26.1 Å². The molecule has 2 N–H and O–H groups in total. The van der Waals surface area contributed by atoms with Crippen molar-refractivity contribution in [3.63, 3.8) is 0 Å². The number of hydrogen-bond donors (Lipinski definition) is 1. The summed E-state index contributed by atoms with van der Waals surface area (Å²) < 4.78 is 0. The molecule has 0 saturated heterocycles. The number of carbonyl (C=O) groups is 1. The van der Waals surface area contributed by atoms with Crippen LogP contribution in [0.4, 0.5) is 0 Å². The number of amides is 1. The summed E-state index contributed by atoms with van der Waals surface area (Å²) in [6.07, 6.45) is 6.18. The number of nitrogens with two attached hydrogens (primary N) is 1. The molecular formula is C10H20N2O. The predicted octanol–water partition coefficient (Wildman–Crippen LogP) is 1.13. The third kappa shape index (κ3) is 2.99. The molecule has 1 amide bonds. The fourth-order valence-corrected chi connectivity index (χ4v) is 2.13.